The molecule has 6 nitrogen and oxygen atoms in total. The Morgan fingerprint density at radius 1 is 1.14 bits per heavy atom. The van der Waals surface area contributed by atoms with E-state index in [1.54, 1.807) is 6.07 Å². The molecule has 0 radical (unpaired) electrons. The van der Waals surface area contributed by atoms with E-state index in [9.17, 15) is 23.2 Å². The van der Waals surface area contributed by atoms with Crippen LogP contribution in [0.2, 0.25) is 0 Å². The van der Waals surface area contributed by atoms with Crippen LogP contribution in [0.1, 0.15) is 5.56 Å². The normalized spacial score (nSPS) is 15.1. The molecule has 1 aliphatic rings. The van der Waals surface area contributed by atoms with E-state index < -0.39 is 28.7 Å². The molecule has 3 amide bonds. The van der Waals surface area contributed by atoms with Crippen LogP contribution in [-0.2, 0) is 9.59 Å². The zero-order valence-electron chi connectivity index (χ0n) is 15.1. The third-order valence-corrected chi connectivity index (χ3v) is 4.80. The van der Waals surface area contributed by atoms with Crippen molar-refractivity contribution in [1.29, 1.82) is 0 Å². The quantitative estimate of drug-likeness (QED) is 0.699. The lowest BCUT2D eigenvalue weighted by atomic mass is 10.2. The van der Waals surface area contributed by atoms with E-state index in [4.69, 9.17) is 4.74 Å². The molecule has 0 bridgehead atoms. The second-order valence-corrected chi connectivity index (χ2v) is 6.94. The number of rotatable bonds is 7. The molecule has 9 heteroatoms. The molecular formula is C20H16F2N2O4S. The summed E-state index contributed by atoms with van der Waals surface area (Å²) in [6, 6.07) is 11.3. The fourth-order valence-electron chi connectivity index (χ4n) is 2.49. The summed E-state index contributed by atoms with van der Waals surface area (Å²) in [5.74, 6) is -1.79. The van der Waals surface area contributed by atoms with Crippen molar-refractivity contribution in [2.75, 3.05) is 19.7 Å². The standard InChI is InChI=1S/C20H16F2N2O4S/c21-14-5-3-6-15(11-14)28-12-18(25)23-8-9-24-19(26)17(29-20(24)27)10-13-4-1-2-7-16(13)22/h1-7,10-11H,8-9,12H2,(H,23,25)/b17-10-. The number of nitrogens with zero attached hydrogens (tertiary/aromatic N) is 1. The van der Waals surface area contributed by atoms with Crippen molar-refractivity contribution >= 4 is 34.9 Å². The molecule has 1 saturated heterocycles. The van der Waals surface area contributed by atoms with Gasteiger partial charge < -0.3 is 10.1 Å². The number of carbonyl (C=O) groups excluding carboxylic acids is 3. The number of imide groups is 1. The van der Waals surface area contributed by atoms with Gasteiger partial charge in [-0.1, -0.05) is 24.3 Å². The van der Waals surface area contributed by atoms with E-state index in [0.29, 0.717) is 11.8 Å². The lowest BCUT2D eigenvalue weighted by Gasteiger charge is -2.13. The first kappa shape index (κ1) is 20.5. The number of ether oxygens (including phenoxy) is 1. The minimum Gasteiger partial charge on any atom is -0.484 e. The number of amides is 3. The summed E-state index contributed by atoms with van der Waals surface area (Å²) < 4.78 is 31.9. The molecule has 1 N–H and O–H groups in total. The van der Waals surface area contributed by atoms with Crippen molar-refractivity contribution in [3.8, 4) is 5.75 Å². The van der Waals surface area contributed by atoms with Gasteiger partial charge in [0.1, 0.15) is 17.4 Å². The van der Waals surface area contributed by atoms with Gasteiger partial charge in [-0.25, -0.2) is 8.78 Å². The van der Waals surface area contributed by atoms with Crippen molar-refractivity contribution in [3.05, 3.63) is 70.6 Å². The fourth-order valence-corrected chi connectivity index (χ4v) is 3.35. The van der Waals surface area contributed by atoms with Gasteiger partial charge in [-0.2, -0.15) is 0 Å². The molecule has 2 aromatic rings. The predicted molar refractivity (Wildman–Crippen MR) is 104 cm³/mol. The molecule has 1 heterocycles. The van der Waals surface area contributed by atoms with Crippen molar-refractivity contribution in [3.63, 3.8) is 0 Å². The van der Waals surface area contributed by atoms with Crippen LogP contribution in [0, 0.1) is 11.6 Å². The maximum Gasteiger partial charge on any atom is 0.293 e. The van der Waals surface area contributed by atoms with Crippen molar-refractivity contribution in [1.82, 2.24) is 10.2 Å². The largest absolute Gasteiger partial charge is 0.484 e. The zero-order valence-corrected chi connectivity index (χ0v) is 15.9. The monoisotopic (exact) mass is 418 g/mol. The van der Waals surface area contributed by atoms with E-state index in [1.807, 2.05) is 0 Å². The molecule has 0 atom stereocenters. The Morgan fingerprint density at radius 2 is 1.93 bits per heavy atom. The molecule has 150 valence electrons. The maximum absolute atomic E-state index is 13.7. The number of halogens is 2. The summed E-state index contributed by atoms with van der Waals surface area (Å²) in [4.78, 5) is 37.3. The SMILES string of the molecule is O=C(COc1cccc(F)c1)NCCN1C(=O)S/C(=C\c2ccccc2F)C1=O. The van der Waals surface area contributed by atoms with Crippen LogP contribution in [0.15, 0.2) is 53.4 Å². The zero-order chi connectivity index (χ0) is 20.8. The predicted octanol–water partition coefficient (Wildman–Crippen LogP) is 3.20. The number of nitrogens with one attached hydrogen (secondary N) is 1. The van der Waals surface area contributed by atoms with Gasteiger partial charge in [-0.3, -0.25) is 19.3 Å². The van der Waals surface area contributed by atoms with Crippen LogP contribution in [0.5, 0.6) is 5.75 Å². The van der Waals surface area contributed by atoms with Gasteiger partial charge in [0.15, 0.2) is 6.61 Å². The molecule has 0 spiro atoms. The average molecular weight is 418 g/mol. The molecule has 0 aromatic heterocycles. The average Bonchev–Trinajstić information content (AvgIpc) is 2.95. The van der Waals surface area contributed by atoms with Crippen LogP contribution in [-0.4, -0.2) is 41.6 Å². The van der Waals surface area contributed by atoms with E-state index in [1.165, 1.54) is 42.5 Å². The van der Waals surface area contributed by atoms with Gasteiger partial charge in [0.25, 0.3) is 17.1 Å². The minimum absolute atomic E-state index is 0.0242. The highest BCUT2D eigenvalue weighted by atomic mass is 32.2. The maximum atomic E-state index is 13.7. The van der Waals surface area contributed by atoms with Crippen LogP contribution in [0.4, 0.5) is 13.6 Å². The molecule has 0 saturated carbocycles. The summed E-state index contributed by atoms with van der Waals surface area (Å²) in [5.41, 5.74) is 0.209. The Balaban J connectivity index is 1.49. The Hall–Kier alpha value is -3.20. The van der Waals surface area contributed by atoms with E-state index >= 15 is 0 Å². The highest BCUT2D eigenvalue weighted by molar-refractivity contribution is 8.18. The number of benzene rings is 2. The van der Waals surface area contributed by atoms with E-state index in [-0.39, 0.29) is 35.9 Å². The third-order valence-electron chi connectivity index (χ3n) is 3.89. The van der Waals surface area contributed by atoms with Crippen molar-refractivity contribution in [2.24, 2.45) is 0 Å². The summed E-state index contributed by atoms with van der Waals surface area (Å²) in [6.45, 7) is -0.347. The summed E-state index contributed by atoms with van der Waals surface area (Å²) >= 11 is 0.712. The van der Waals surface area contributed by atoms with Crippen LogP contribution in [0.3, 0.4) is 0 Å². The number of carbonyl (C=O) groups is 3. The molecular weight excluding hydrogens is 402 g/mol. The molecule has 29 heavy (non-hydrogen) atoms. The molecule has 3 rings (SSSR count). The smallest absolute Gasteiger partial charge is 0.293 e. The highest BCUT2D eigenvalue weighted by Gasteiger charge is 2.34. The topological polar surface area (TPSA) is 75.7 Å². The van der Waals surface area contributed by atoms with Gasteiger partial charge in [-0.15, -0.1) is 0 Å². The van der Waals surface area contributed by atoms with Crippen molar-refractivity contribution in [2.45, 2.75) is 0 Å². The van der Waals surface area contributed by atoms with Gasteiger partial charge in [0.2, 0.25) is 0 Å². The van der Waals surface area contributed by atoms with Crippen LogP contribution < -0.4 is 10.1 Å². The molecule has 0 aliphatic carbocycles. The van der Waals surface area contributed by atoms with Crippen molar-refractivity contribution < 1.29 is 27.9 Å². The molecule has 1 aliphatic heterocycles. The highest BCUT2D eigenvalue weighted by Crippen LogP contribution is 2.32. The van der Waals surface area contributed by atoms with E-state index in [2.05, 4.69) is 5.32 Å². The summed E-state index contributed by atoms with van der Waals surface area (Å²) in [7, 11) is 0. The first-order chi connectivity index (χ1) is 13.9. The van der Waals surface area contributed by atoms with Gasteiger partial charge >= 0.3 is 0 Å². The Labute approximate surface area is 169 Å². The fraction of sp³-hybridized carbons (Fsp3) is 0.150. The minimum atomic E-state index is -0.548. The van der Waals surface area contributed by atoms with Crippen LogP contribution >= 0.6 is 11.8 Å². The second-order valence-electron chi connectivity index (χ2n) is 5.95. The summed E-state index contributed by atoms with van der Waals surface area (Å²) in [5, 5.41) is 2.02. The Kier molecular flexibility index (Phi) is 6.61. The lowest BCUT2D eigenvalue weighted by molar-refractivity contribution is -0.125. The number of thioether (sulfide) groups is 1. The molecule has 1 fully saturated rings. The first-order valence-corrected chi connectivity index (χ1v) is 9.40. The third kappa shape index (κ3) is 5.41. The Morgan fingerprint density at radius 3 is 2.69 bits per heavy atom. The van der Waals surface area contributed by atoms with Gasteiger partial charge in [-0.05, 0) is 36.0 Å². The van der Waals surface area contributed by atoms with Gasteiger partial charge in [0.05, 0.1) is 4.91 Å². The Bertz CT molecular complexity index is 980. The van der Waals surface area contributed by atoms with Gasteiger partial charge in [0, 0.05) is 24.7 Å². The molecule has 0 unspecified atom stereocenters. The summed E-state index contributed by atoms with van der Waals surface area (Å²) in [6.07, 6.45) is 1.33. The second kappa shape index (κ2) is 9.33. The molecule has 2 aromatic carbocycles. The lowest BCUT2D eigenvalue weighted by Crippen LogP contribution is -2.38. The number of hydrogen-bond acceptors (Lipinski definition) is 5. The number of hydrogen-bond donors (Lipinski definition) is 1. The van der Waals surface area contributed by atoms with E-state index in [0.717, 1.165) is 11.0 Å². The van der Waals surface area contributed by atoms with Crippen LogP contribution in [0.25, 0.3) is 6.08 Å². The first-order valence-electron chi connectivity index (χ1n) is 8.59.